The Morgan fingerprint density at radius 3 is 2.70 bits per heavy atom. The minimum Gasteiger partial charge on any atom is -0.380 e. The summed E-state index contributed by atoms with van der Waals surface area (Å²) in [6.45, 7) is 5.39. The van der Waals surface area contributed by atoms with Gasteiger partial charge in [0, 0.05) is 20.2 Å². The van der Waals surface area contributed by atoms with Gasteiger partial charge in [-0.25, -0.2) is 13.1 Å². The predicted molar refractivity (Wildman–Crippen MR) is 80.5 cm³/mol. The van der Waals surface area contributed by atoms with Gasteiger partial charge in [0.1, 0.15) is 4.90 Å². The maximum absolute atomic E-state index is 12.2. The van der Waals surface area contributed by atoms with Gasteiger partial charge in [-0.1, -0.05) is 24.6 Å². The molecule has 1 rings (SSSR count). The van der Waals surface area contributed by atoms with Crippen molar-refractivity contribution < 1.29 is 13.2 Å². The molecule has 2 N–H and O–H groups in total. The molecule has 1 unspecified atom stereocenters. The summed E-state index contributed by atoms with van der Waals surface area (Å²) in [4.78, 5) is 0.0953. The maximum Gasteiger partial charge on any atom is 0.242 e. The van der Waals surface area contributed by atoms with E-state index in [1.807, 2.05) is 13.0 Å². The summed E-state index contributed by atoms with van der Waals surface area (Å²) in [6.07, 6.45) is -0.200. The van der Waals surface area contributed by atoms with E-state index in [0.717, 1.165) is 12.1 Å². The van der Waals surface area contributed by atoms with Crippen molar-refractivity contribution in [1.82, 2.24) is 10.0 Å². The number of benzene rings is 1. The summed E-state index contributed by atoms with van der Waals surface area (Å²) in [5.74, 6) is 0. The molecule has 0 spiro atoms. The Labute approximate surface area is 125 Å². The molecule has 1 aromatic rings. The van der Waals surface area contributed by atoms with Crippen LogP contribution in [0.2, 0.25) is 5.02 Å². The molecule has 114 valence electrons. The molecule has 20 heavy (non-hydrogen) atoms. The van der Waals surface area contributed by atoms with Gasteiger partial charge in [0.15, 0.2) is 0 Å². The first-order chi connectivity index (χ1) is 9.40. The van der Waals surface area contributed by atoms with E-state index < -0.39 is 10.0 Å². The van der Waals surface area contributed by atoms with Crippen molar-refractivity contribution in [3.8, 4) is 0 Å². The topological polar surface area (TPSA) is 67.4 Å². The predicted octanol–water partition coefficient (Wildman–Crippen LogP) is 1.76. The molecule has 0 bridgehead atoms. The van der Waals surface area contributed by atoms with E-state index in [1.54, 1.807) is 19.1 Å². The van der Waals surface area contributed by atoms with Gasteiger partial charge in [-0.05, 0) is 31.2 Å². The van der Waals surface area contributed by atoms with E-state index in [0.29, 0.717) is 6.54 Å². The van der Waals surface area contributed by atoms with Gasteiger partial charge in [0.2, 0.25) is 10.0 Å². The van der Waals surface area contributed by atoms with E-state index >= 15 is 0 Å². The summed E-state index contributed by atoms with van der Waals surface area (Å²) in [7, 11) is -2.10. The molecule has 0 saturated carbocycles. The minimum absolute atomic E-state index is 0.0953. The monoisotopic (exact) mass is 320 g/mol. The first-order valence-electron chi connectivity index (χ1n) is 6.42. The van der Waals surface area contributed by atoms with Crippen LogP contribution in [-0.4, -0.2) is 34.7 Å². The van der Waals surface area contributed by atoms with Gasteiger partial charge in [0.05, 0.1) is 11.1 Å². The summed E-state index contributed by atoms with van der Waals surface area (Å²) < 4.78 is 32.0. The molecule has 1 aromatic carbocycles. The molecule has 0 saturated heterocycles. The number of hydrogen-bond donors (Lipinski definition) is 2. The van der Waals surface area contributed by atoms with Crippen molar-refractivity contribution >= 4 is 21.6 Å². The first-order valence-corrected chi connectivity index (χ1v) is 8.28. The van der Waals surface area contributed by atoms with E-state index in [-0.39, 0.29) is 22.6 Å². The van der Waals surface area contributed by atoms with Crippen molar-refractivity contribution in [2.24, 2.45) is 0 Å². The second kappa shape index (κ2) is 7.95. The van der Waals surface area contributed by atoms with Crippen LogP contribution in [0.3, 0.4) is 0 Å². The van der Waals surface area contributed by atoms with Crippen LogP contribution >= 0.6 is 11.6 Å². The Morgan fingerprint density at radius 1 is 1.40 bits per heavy atom. The van der Waals surface area contributed by atoms with E-state index in [4.69, 9.17) is 16.3 Å². The second-order valence-electron chi connectivity index (χ2n) is 4.44. The van der Waals surface area contributed by atoms with Crippen LogP contribution in [0.4, 0.5) is 0 Å². The molecule has 7 heteroatoms. The Balaban J connectivity index is 2.92. The lowest BCUT2D eigenvalue weighted by Crippen LogP contribution is -2.31. The van der Waals surface area contributed by atoms with Crippen LogP contribution in [-0.2, 0) is 21.3 Å². The lowest BCUT2D eigenvalue weighted by Gasteiger charge is -2.13. The molecule has 0 radical (unpaired) electrons. The normalized spacial score (nSPS) is 13.4. The number of rotatable bonds is 8. The third-order valence-electron chi connectivity index (χ3n) is 2.83. The molecule has 0 fully saturated rings. The van der Waals surface area contributed by atoms with Crippen LogP contribution in [0, 0.1) is 0 Å². The van der Waals surface area contributed by atoms with Crippen LogP contribution < -0.4 is 10.0 Å². The summed E-state index contributed by atoms with van der Waals surface area (Å²) in [5.41, 5.74) is 0.872. The molecule has 5 nitrogen and oxygen atoms in total. The largest absolute Gasteiger partial charge is 0.380 e. The van der Waals surface area contributed by atoms with Gasteiger partial charge >= 0.3 is 0 Å². The van der Waals surface area contributed by atoms with Gasteiger partial charge < -0.3 is 10.1 Å². The molecular weight excluding hydrogens is 300 g/mol. The Hall–Kier alpha value is -0.660. The van der Waals surface area contributed by atoms with Gasteiger partial charge in [0.25, 0.3) is 0 Å². The first kappa shape index (κ1) is 17.4. The highest BCUT2D eigenvalue weighted by Crippen LogP contribution is 2.22. The van der Waals surface area contributed by atoms with Crippen LogP contribution in [0.5, 0.6) is 0 Å². The number of ether oxygens (including phenoxy) is 1. The fraction of sp³-hybridized carbons (Fsp3) is 0.538. The maximum atomic E-state index is 12.2. The smallest absolute Gasteiger partial charge is 0.242 e. The number of sulfonamides is 1. The Morgan fingerprint density at radius 2 is 2.10 bits per heavy atom. The van der Waals surface area contributed by atoms with Gasteiger partial charge in [-0.3, -0.25) is 0 Å². The fourth-order valence-corrected chi connectivity index (χ4v) is 3.18. The Bertz CT molecular complexity index is 534. The highest BCUT2D eigenvalue weighted by Gasteiger charge is 2.19. The van der Waals surface area contributed by atoms with Crippen LogP contribution in [0.1, 0.15) is 19.4 Å². The lowest BCUT2D eigenvalue weighted by atomic mass is 10.2. The van der Waals surface area contributed by atoms with Crippen molar-refractivity contribution in [1.29, 1.82) is 0 Å². The van der Waals surface area contributed by atoms with Crippen molar-refractivity contribution in [3.05, 3.63) is 28.8 Å². The van der Waals surface area contributed by atoms with Crippen molar-refractivity contribution in [2.45, 2.75) is 31.4 Å². The molecule has 0 aliphatic heterocycles. The quantitative estimate of drug-likeness (QED) is 0.766. The number of halogens is 1. The molecule has 0 aliphatic carbocycles. The molecule has 0 amide bonds. The molecule has 0 aliphatic rings. The fourth-order valence-electron chi connectivity index (χ4n) is 1.52. The Kier molecular flexibility index (Phi) is 6.91. The highest BCUT2D eigenvalue weighted by atomic mass is 35.5. The third-order valence-corrected chi connectivity index (χ3v) is 4.73. The summed E-state index contributed by atoms with van der Waals surface area (Å²) in [6, 6.07) is 5.00. The number of hydrogen-bond acceptors (Lipinski definition) is 4. The summed E-state index contributed by atoms with van der Waals surface area (Å²) in [5, 5.41) is 3.35. The van der Waals surface area contributed by atoms with Crippen LogP contribution in [0.15, 0.2) is 23.1 Å². The summed E-state index contributed by atoms with van der Waals surface area (Å²) >= 11 is 5.99. The molecular formula is C13H21ClN2O3S. The van der Waals surface area contributed by atoms with E-state index in [9.17, 15) is 8.42 Å². The molecule has 0 aromatic heterocycles. The number of methoxy groups -OCH3 is 1. The average molecular weight is 321 g/mol. The molecule has 0 heterocycles. The van der Waals surface area contributed by atoms with E-state index in [2.05, 4.69) is 10.0 Å². The lowest BCUT2D eigenvalue weighted by molar-refractivity contribution is 0.122. The second-order valence-corrected chi connectivity index (χ2v) is 6.59. The van der Waals surface area contributed by atoms with Crippen molar-refractivity contribution in [3.63, 3.8) is 0 Å². The zero-order chi connectivity index (χ0) is 15.2. The average Bonchev–Trinajstić information content (AvgIpc) is 2.43. The highest BCUT2D eigenvalue weighted by molar-refractivity contribution is 7.89. The minimum atomic E-state index is -3.63. The zero-order valence-corrected chi connectivity index (χ0v) is 13.5. The van der Waals surface area contributed by atoms with Gasteiger partial charge in [-0.2, -0.15) is 0 Å². The third kappa shape index (κ3) is 5.03. The number of nitrogens with one attached hydrogen (secondary N) is 2. The molecule has 1 atom stereocenters. The van der Waals surface area contributed by atoms with Gasteiger partial charge in [-0.15, -0.1) is 0 Å². The van der Waals surface area contributed by atoms with Crippen LogP contribution in [0.25, 0.3) is 0 Å². The van der Waals surface area contributed by atoms with E-state index in [1.165, 1.54) is 7.11 Å². The SMILES string of the molecule is CCNCc1ccc(Cl)c(S(=O)(=O)NCC(C)OC)c1. The van der Waals surface area contributed by atoms with Crippen molar-refractivity contribution in [2.75, 3.05) is 20.2 Å². The standard InChI is InChI=1S/C13H21ClN2O3S/c1-4-15-9-11-5-6-12(14)13(7-11)20(17,18)16-8-10(2)19-3/h5-7,10,15-16H,4,8-9H2,1-3H3. The zero-order valence-electron chi connectivity index (χ0n) is 11.9.